The molecule has 0 radical (unpaired) electrons. The Morgan fingerprint density at radius 1 is 1.28 bits per heavy atom. The van der Waals surface area contributed by atoms with Crippen LogP contribution in [0.5, 0.6) is 11.5 Å². The van der Waals surface area contributed by atoms with Gasteiger partial charge in [0, 0.05) is 17.3 Å². The Balaban J connectivity index is 1.98. The van der Waals surface area contributed by atoms with Crippen molar-refractivity contribution in [3.05, 3.63) is 93.1 Å². The van der Waals surface area contributed by atoms with Crippen LogP contribution in [-0.4, -0.2) is 11.7 Å². The standard InChI is InChI=1S/C22H19N3O4/c1-13-10-18-20(22(26)25(13)12-14-6-5-9-28-14)19(16(11-23)21(24)29-18)15-7-3-4-8-17(15)27-2/h3-10,19H,12,24H2,1-2H3. The van der Waals surface area contributed by atoms with Crippen molar-refractivity contribution in [1.82, 2.24) is 4.57 Å². The fraction of sp³-hybridized carbons (Fsp3) is 0.182. The van der Waals surface area contributed by atoms with E-state index in [0.717, 1.165) is 0 Å². The highest BCUT2D eigenvalue weighted by atomic mass is 16.5. The second-order valence-corrected chi connectivity index (χ2v) is 6.70. The van der Waals surface area contributed by atoms with Crippen LogP contribution in [-0.2, 0) is 6.54 Å². The van der Waals surface area contributed by atoms with Gasteiger partial charge in [-0.2, -0.15) is 5.26 Å². The van der Waals surface area contributed by atoms with Crippen molar-refractivity contribution < 1.29 is 13.9 Å². The van der Waals surface area contributed by atoms with Crippen molar-refractivity contribution in [2.24, 2.45) is 5.73 Å². The van der Waals surface area contributed by atoms with Crippen LogP contribution >= 0.6 is 0 Å². The molecule has 0 saturated carbocycles. The van der Waals surface area contributed by atoms with Crippen molar-refractivity contribution in [2.75, 3.05) is 7.11 Å². The third-order valence-corrected chi connectivity index (χ3v) is 5.03. The van der Waals surface area contributed by atoms with Gasteiger partial charge in [-0.05, 0) is 25.1 Å². The number of nitrogens with zero attached hydrogens (tertiary/aromatic N) is 2. The van der Waals surface area contributed by atoms with Crippen molar-refractivity contribution in [2.45, 2.75) is 19.4 Å². The fourth-order valence-corrected chi connectivity index (χ4v) is 3.66. The maximum atomic E-state index is 13.5. The lowest BCUT2D eigenvalue weighted by atomic mass is 9.83. The number of aryl methyl sites for hydroxylation is 1. The van der Waals surface area contributed by atoms with Gasteiger partial charge in [0.25, 0.3) is 5.56 Å². The molecule has 2 N–H and O–H groups in total. The first kappa shape index (κ1) is 18.4. The second kappa shape index (κ2) is 7.24. The summed E-state index contributed by atoms with van der Waals surface area (Å²) < 4.78 is 18.2. The van der Waals surface area contributed by atoms with Crippen molar-refractivity contribution >= 4 is 0 Å². The SMILES string of the molecule is COc1ccccc1C1C(C#N)=C(N)Oc2cc(C)n(Cc3ccco3)c(=O)c21. The number of allylic oxidation sites excluding steroid dienone is 1. The average Bonchev–Trinajstić information content (AvgIpc) is 3.23. The smallest absolute Gasteiger partial charge is 0.259 e. The first-order valence-corrected chi connectivity index (χ1v) is 9.02. The Labute approximate surface area is 167 Å². The summed E-state index contributed by atoms with van der Waals surface area (Å²) in [5, 5.41) is 9.77. The minimum absolute atomic E-state index is 0.0153. The van der Waals surface area contributed by atoms with E-state index < -0.39 is 5.92 Å². The summed E-state index contributed by atoms with van der Waals surface area (Å²) in [5.74, 6) is 0.838. The maximum absolute atomic E-state index is 13.5. The molecule has 3 heterocycles. The Morgan fingerprint density at radius 3 is 2.76 bits per heavy atom. The largest absolute Gasteiger partial charge is 0.496 e. The predicted molar refractivity (Wildman–Crippen MR) is 106 cm³/mol. The first-order chi connectivity index (χ1) is 14.0. The Hall–Kier alpha value is -3.92. The molecule has 146 valence electrons. The highest BCUT2D eigenvalue weighted by Gasteiger charge is 2.35. The Bertz CT molecular complexity index is 1200. The van der Waals surface area contributed by atoms with Gasteiger partial charge in [-0.25, -0.2) is 0 Å². The van der Waals surface area contributed by atoms with Crippen molar-refractivity contribution in [3.8, 4) is 17.6 Å². The summed E-state index contributed by atoms with van der Waals surface area (Å²) in [5.41, 5.74) is 7.65. The summed E-state index contributed by atoms with van der Waals surface area (Å²) in [7, 11) is 1.54. The molecule has 29 heavy (non-hydrogen) atoms. The van der Waals surface area contributed by atoms with Gasteiger partial charge in [-0.1, -0.05) is 18.2 Å². The minimum Gasteiger partial charge on any atom is -0.496 e. The number of nitriles is 1. The molecule has 7 nitrogen and oxygen atoms in total. The molecule has 1 aliphatic rings. The molecular weight excluding hydrogens is 370 g/mol. The van der Waals surface area contributed by atoms with Crippen LogP contribution in [0.3, 0.4) is 0 Å². The topological polar surface area (TPSA) is 103 Å². The van der Waals surface area contributed by atoms with Crippen LogP contribution in [0.4, 0.5) is 0 Å². The van der Waals surface area contributed by atoms with Crippen molar-refractivity contribution in [1.29, 1.82) is 5.26 Å². The number of fused-ring (bicyclic) bond motifs is 1. The molecule has 0 bridgehead atoms. The summed E-state index contributed by atoms with van der Waals surface area (Å²) in [6, 6.07) is 14.7. The molecule has 0 amide bonds. The second-order valence-electron chi connectivity index (χ2n) is 6.70. The monoisotopic (exact) mass is 389 g/mol. The number of para-hydroxylation sites is 1. The van der Waals surface area contributed by atoms with Gasteiger partial charge >= 0.3 is 0 Å². The number of benzene rings is 1. The van der Waals surface area contributed by atoms with Gasteiger partial charge in [0.1, 0.15) is 28.9 Å². The zero-order valence-corrected chi connectivity index (χ0v) is 16.0. The van der Waals surface area contributed by atoms with Gasteiger partial charge in [0.05, 0.1) is 31.4 Å². The Morgan fingerprint density at radius 2 is 2.07 bits per heavy atom. The number of ether oxygens (including phenoxy) is 2. The highest BCUT2D eigenvalue weighted by molar-refractivity contribution is 5.58. The normalized spacial score (nSPS) is 15.4. The summed E-state index contributed by atoms with van der Waals surface area (Å²) >= 11 is 0. The molecule has 1 unspecified atom stereocenters. The summed E-state index contributed by atoms with van der Waals surface area (Å²) in [4.78, 5) is 13.5. The van der Waals surface area contributed by atoms with E-state index >= 15 is 0 Å². The van der Waals surface area contributed by atoms with E-state index in [-0.39, 0.29) is 23.6 Å². The molecule has 7 heteroatoms. The molecule has 0 saturated heterocycles. The average molecular weight is 389 g/mol. The molecule has 3 aromatic rings. The Kier molecular flexibility index (Phi) is 4.61. The van der Waals surface area contributed by atoms with Gasteiger partial charge in [-0.3, -0.25) is 4.79 Å². The lowest BCUT2D eigenvalue weighted by Crippen LogP contribution is -2.33. The van der Waals surface area contributed by atoms with Crippen molar-refractivity contribution in [3.63, 3.8) is 0 Å². The number of nitrogens with two attached hydrogens (primary N) is 1. The van der Waals surface area contributed by atoms with Crippen LogP contribution in [0.15, 0.2) is 69.4 Å². The lowest BCUT2D eigenvalue weighted by Gasteiger charge is -2.28. The summed E-state index contributed by atoms with van der Waals surface area (Å²) in [6.45, 7) is 2.08. The third-order valence-electron chi connectivity index (χ3n) is 5.03. The quantitative estimate of drug-likeness (QED) is 0.736. The minimum atomic E-state index is -0.698. The van der Waals surface area contributed by atoms with E-state index in [1.54, 1.807) is 42.2 Å². The van der Waals surface area contributed by atoms with Crippen LogP contribution in [0.1, 0.15) is 28.5 Å². The lowest BCUT2D eigenvalue weighted by molar-refractivity contribution is 0.382. The van der Waals surface area contributed by atoms with Crippen LogP contribution in [0.2, 0.25) is 0 Å². The number of rotatable bonds is 4. The van der Waals surface area contributed by atoms with E-state index in [0.29, 0.717) is 34.1 Å². The molecular formula is C22H19N3O4. The van der Waals surface area contributed by atoms with Gasteiger partial charge < -0.3 is 24.2 Å². The highest BCUT2D eigenvalue weighted by Crippen LogP contribution is 2.43. The zero-order valence-electron chi connectivity index (χ0n) is 16.0. The number of methoxy groups -OCH3 is 1. The number of aromatic nitrogens is 1. The van der Waals surface area contributed by atoms with Gasteiger partial charge in [-0.15, -0.1) is 0 Å². The van der Waals surface area contributed by atoms with E-state index in [9.17, 15) is 10.1 Å². The van der Waals surface area contributed by atoms with Gasteiger partial charge in [0.2, 0.25) is 5.88 Å². The van der Waals surface area contributed by atoms with Crippen LogP contribution in [0.25, 0.3) is 0 Å². The molecule has 0 aliphatic carbocycles. The van der Waals surface area contributed by atoms with E-state index in [4.69, 9.17) is 19.6 Å². The molecule has 1 aliphatic heterocycles. The summed E-state index contributed by atoms with van der Waals surface area (Å²) in [6.07, 6.45) is 1.56. The van der Waals surface area contributed by atoms with E-state index in [2.05, 4.69) is 6.07 Å². The molecule has 1 aromatic carbocycles. The molecule has 1 atom stereocenters. The number of furan rings is 1. The number of hydrogen-bond acceptors (Lipinski definition) is 6. The molecule has 0 spiro atoms. The van der Waals surface area contributed by atoms with E-state index in [1.807, 2.05) is 25.1 Å². The van der Waals surface area contributed by atoms with E-state index in [1.165, 1.54) is 0 Å². The zero-order chi connectivity index (χ0) is 20.5. The fourth-order valence-electron chi connectivity index (χ4n) is 3.66. The molecule has 2 aromatic heterocycles. The molecule has 4 rings (SSSR count). The third kappa shape index (κ3) is 3.05. The predicted octanol–water partition coefficient (Wildman–Crippen LogP) is 3.02. The first-order valence-electron chi connectivity index (χ1n) is 9.02. The number of hydrogen-bond donors (Lipinski definition) is 1. The molecule has 0 fully saturated rings. The van der Waals surface area contributed by atoms with Crippen LogP contribution < -0.4 is 20.8 Å². The maximum Gasteiger partial charge on any atom is 0.259 e. The number of pyridine rings is 1. The van der Waals surface area contributed by atoms with Gasteiger partial charge in [0.15, 0.2) is 0 Å². The van der Waals surface area contributed by atoms with Crippen LogP contribution in [0, 0.1) is 18.3 Å².